The zero-order valence-corrected chi connectivity index (χ0v) is 30.1. The van der Waals surface area contributed by atoms with E-state index in [1.165, 1.54) is 42.3 Å². The molecule has 0 fully saturated rings. The molecule has 0 saturated heterocycles. The van der Waals surface area contributed by atoms with Gasteiger partial charge in [-0.3, -0.25) is 4.79 Å². The quantitative estimate of drug-likeness (QED) is 0.221. The number of aliphatic hydroxyl groups is 1. The first-order valence-electron chi connectivity index (χ1n) is 16.8. The number of halogens is 4. The number of fused-ring (bicyclic) bond motifs is 1. The van der Waals surface area contributed by atoms with Crippen molar-refractivity contribution >= 4 is 33.3 Å². The van der Waals surface area contributed by atoms with Gasteiger partial charge in [-0.05, 0) is 99.8 Å². The third kappa shape index (κ3) is 10.6. The Balaban J connectivity index is 1.60. The monoisotopic (exact) mass is 752 g/mol. The normalized spacial score (nSPS) is 20.0. The number of anilines is 2. The van der Waals surface area contributed by atoms with Crippen LogP contribution in [0.1, 0.15) is 56.0 Å². The molecule has 16 heteroatoms. The van der Waals surface area contributed by atoms with Crippen LogP contribution in [0.3, 0.4) is 0 Å². The summed E-state index contributed by atoms with van der Waals surface area (Å²) in [5, 5.41) is 15.3. The standard InChI is InChI=1S/C36H44F4N4O7S/c1-23-20-44(24(2)22-45)34(46)31-19-29(42-35(47)41-28-12-8-26(9-13-28)36(38,39)40)14-17-32(31)51-25(3)7-5-6-18-50-33(23)21-43(4)52(48,49)30-15-10-27(37)11-16-30/h8-17,19,23-25,33,45H,5-7,18,20-22H2,1-4H3,(H2,41,42,47)/t23-,24-,25-,33+/m0/s1. The van der Waals surface area contributed by atoms with Gasteiger partial charge in [-0.1, -0.05) is 6.92 Å². The molecule has 0 aromatic heterocycles. The van der Waals surface area contributed by atoms with Crippen molar-refractivity contribution in [2.75, 3.05) is 44.0 Å². The van der Waals surface area contributed by atoms with E-state index in [0.717, 1.165) is 40.7 Å². The number of hydrogen-bond acceptors (Lipinski definition) is 7. The number of rotatable bonds is 8. The van der Waals surface area contributed by atoms with Gasteiger partial charge in [0.05, 0.1) is 40.9 Å². The maximum atomic E-state index is 14.3. The minimum Gasteiger partial charge on any atom is -0.490 e. The summed E-state index contributed by atoms with van der Waals surface area (Å²) in [4.78, 5) is 28.5. The van der Waals surface area contributed by atoms with Crippen LogP contribution in [0.5, 0.6) is 5.75 Å². The van der Waals surface area contributed by atoms with E-state index in [-0.39, 0.29) is 46.8 Å². The molecule has 0 radical (unpaired) electrons. The molecule has 0 unspecified atom stereocenters. The average molecular weight is 753 g/mol. The van der Waals surface area contributed by atoms with Crippen LogP contribution >= 0.6 is 0 Å². The van der Waals surface area contributed by atoms with E-state index < -0.39 is 64.2 Å². The number of hydrogen-bond donors (Lipinski definition) is 3. The first-order chi connectivity index (χ1) is 24.5. The van der Waals surface area contributed by atoms with Crippen LogP contribution in [-0.2, 0) is 20.9 Å². The highest BCUT2D eigenvalue weighted by atomic mass is 32.2. The molecule has 0 bridgehead atoms. The second-order valence-electron chi connectivity index (χ2n) is 12.9. The first-order valence-corrected chi connectivity index (χ1v) is 18.2. The lowest BCUT2D eigenvalue weighted by molar-refractivity contribution is -0.137. The van der Waals surface area contributed by atoms with Gasteiger partial charge in [0.2, 0.25) is 10.0 Å². The van der Waals surface area contributed by atoms with Crippen molar-refractivity contribution < 1.29 is 50.1 Å². The van der Waals surface area contributed by atoms with Gasteiger partial charge in [-0.15, -0.1) is 0 Å². The number of aliphatic hydroxyl groups excluding tert-OH is 1. The number of amides is 3. The van der Waals surface area contributed by atoms with Gasteiger partial charge < -0.3 is 30.1 Å². The number of ether oxygens (including phenoxy) is 2. The van der Waals surface area contributed by atoms with E-state index >= 15 is 0 Å². The summed E-state index contributed by atoms with van der Waals surface area (Å²) < 4.78 is 92.6. The predicted octanol–water partition coefficient (Wildman–Crippen LogP) is 6.60. The Hall–Kier alpha value is -4.25. The van der Waals surface area contributed by atoms with Crippen molar-refractivity contribution in [3.8, 4) is 5.75 Å². The number of sulfonamides is 1. The van der Waals surface area contributed by atoms with Crippen LogP contribution in [-0.4, -0.2) is 86.3 Å². The van der Waals surface area contributed by atoms with E-state index in [0.29, 0.717) is 25.9 Å². The van der Waals surface area contributed by atoms with Crippen LogP contribution in [0.25, 0.3) is 0 Å². The molecule has 4 rings (SSSR count). The van der Waals surface area contributed by atoms with Crippen molar-refractivity contribution in [3.63, 3.8) is 0 Å². The van der Waals surface area contributed by atoms with Crippen LogP contribution in [0.4, 0.5) is 33.7 Å². The molecule has 0 spiro atoms. The molecule has 3 aromatic carbocycles. The van der Waals surface area contributed by atoms with Gasteiger partial charge >= 0.3 is 12.2 Å². The maximum Gasteiger partial charge on any atom is 0.416 e. The van der Waals surface area contributed by atoms with Gasteiger partial charge in [0.15, 0.2) is 0 Å². The summed E-state index contributed by atoms with van der Waals surface area (Å²) in [6.07, 6.45) is -3.60. The van der Waals surface area contributed by atoms with E-state index in [9.17, 15) is 40.7 Å². The molecule has 3 aromatic rings. The van der Waals surface area contributed by atoms with Gasteiger partial charge in [0.25, 0.3) is 5.91 Å². The van der Waals surface area contributed by atoms with Crippen LogP contribution in [0.2, 0.25) is 0 Å². The van der Waals surface area contributed by atoms with Crippen molar-refractivity contribution in [2.45, 2.75) is 69.4 Å². The Labute approximate surface area is 300 Å². The number of benzene rings is 3. The van der Waals surface area contributed by atoms with Crippen molar-refractivity contribution in [1.82, 2.24) is 9.21 Å². The van der Waals surface area contributed by atoms with Gasteiger partial charge in [0, 0.05) is 44.0 Å². The zero-order valence-electron chi connectivity index (χ0n) is 29.3. The molecule has 3 amide bonds. The molecular formula is C36H44F4N4O7S. The summed E-state index contributed by atoms with van der Waals surface area (Å²) in [5.41, 5.74) is -0.486. The molecule has 1 aliphatic rings. The second kappa shape index (κ2) is 17.5. The number of nitrogens with one attached hydrogen (secondary N) is 2. The molecule has 1 aliphatic heterocycles. The number of carbonyl (C=O) groups is 2. The number of nitrogens with zero attached hydrogens (tertiary/aromatic N) is 2. The lowest BCUT2D eigenvalue weighted by atomic mass is 10.0. The van der Waals surface area contributed by atoms with E-state index in [2.05, 4.69) is 10.6 Å². The van der Waals surface area contributed by atoms with Crippen LogP contribution < -0.4 is 15.4 Å². The zero-order chi connectivity index (χ0) is 38.2. The number of likely N-dealkylation sites (N-methyl/N-ethyl adjacent to an activating group) is 1. The summed E-state index contributed by atoms with van der Waals surface area (Å²) in [5.74, 6) is -1.32. The first kappa shape index (κ1) is 40.5. The summed E-state index contributed by atoms with van der Waals surface area (Å²) in [6.45, 7) is 5.18. The molecular weight excluding hydrogens is 708 g/mol. The fourth-order valence-electron chi connectivity index (χ4n) is 5.64. The minimum atomic E-state index is -4.53. The third-order valence-corrected chi connectivity index (χ3v) is 10.6. The van der Waals surface area contributed by atoms with Gasteiger partial charge in [-0.25, -0.2) is 17.6 Å². The lowest BCUT2D eigenvalue weighted by Crippen LogP contribution is -2.48. The fraction of sp³-hybridized carbons (Fsp3) is 0.444. The molecule has 11 nitrogen and oxygen atoms in total. The Morgan fingerprint density at radius 2 is 1.65 bits per heavy atom. The molecule has 0 saturated carbocycles. The van der Waals surface area contributed by atoms with Crippen molar-refractivity contribution in [2.24, 2.45) is 5.92 Å². The summed E-state index contributed by atoms with van der Waals surface area (Å²) in [7, 11) is -2.61. The summed E-state index contributed by atoms with van der Waals surface area (Å²) >= 11 is 0. The molecule has 284 valence electrons. The molecule has 4 atom stereocenters. The molecule has 1 heterocycles. The van der Waals surface area contributed by atoms with E-state index in [1.807, 2.05) is 13.8 Å². The van der Waals surface area contributed by atoms with Gasteiger partial charge in [-0.2, -0.15) is 17.5 Å². The van der Waals surface area contributed by atoms with E-state index in [1.54, 1.807) is 6.92 Å². The van der Waals surface area contributed by atoms with E-state index in [4.69, 9.17) is 9.47 Å². The highest BCUT2D eigenvalue weighted by Crippen LogP contribution is 2.31. The topological polar surface area (TPSA) is 138 Å². The largest absolute Gasteiger partial charge is 0.490 e. The van der Waals surface area contributed by atoms with Crippen LogP contribution in [0.15, 0.2) is 71.6 Å². The SMILES string of the molecule is C[C@H]1CCCCO[C@H](CN(C)S(=O)(=O)c2ccc(F)cc2)[C@@H](C)CN([C@@H](C)CO)C(=O)c2cc(NC(=O)Nc3ccc(C(F)(F)F)cc3)ccc2O1. The molecule has 0 aliphatic carbocycles. The number of carbonyl (C=O) groups excluding carboxylic acids is 2. The van der Waals surface area contributed by atoms with Crippen LogP contribution in [0, 0.1) is 11.7 Å². The molecule has 52 heavy (non-hydrogen) atoms. The third-order valence-electron chi connectivity index (χ3n) is 8.74. The number of alkyl halides is 3. The van der Waals surface area contributed by atoms with Crippen molar-refractivity contribution in [3.05, 3.63) is 83.7 Å². The van der Waals surface area contributed by atoms with Crippen molar-refractivity contribution in [1.29, 1.82) is 0 Å². The van der Waals surface area contributed by atoms with Gasteiger partial charge in [0.1, 0.15) is 11.6 Å². The number of urea groups is 1. The summed E-state index contributed by atoms with van der Waals surface area (Å²) in [6, 6.07) is 11.4. The lowest BCUT2D eigenvalue weighted by Gasteiger charge is -2.35. The minimum absolute atomic E-state index is 0.0384. The Morgan fingerprint density at radius 3 is 2.29 bits per heavy atom. The highest BCUT2D eigenvalue weighted by molar-refractivity contribution is 7.89. The Kier molecular flexibility index (Phi) is 13.6. The predicted molar refractivity (Wildman–Crippen MR) is 187 cm³/mol. The Morgan fingerprint density at radius 1 is 1.02 bits per heavy atom. The maximum absolute atomic E-state index is 14.3. The Bertz CT molecular complexity index is 1780. The average Bonchev–Trinajstić information content (AvgIpc) is 3.09. The fourth-order valence-corrected chi connectivity index (χ4v) is 6.82. The second-order valence-corrected chi connectivity index (χ2v) is 14.9. The smallest absolute Gasteiger partial charge is 0.416 e. The molecule has 3 N–H and O–H groups in total. The highest BCUT2D eigenvalue weighted by Gasteiger charge is 2.33.